The third kappa shape index (κ3) is 7.73. The molecule has 0 bridgehead atoms. The van der Waals surface area contributed by atoms with E-state index in [0.29, 0.717) is 17.2 Å². The second-order valence-electron chi connectivity index (χ2n) is 6.86. The topological polar surface area (TPSA) is 136 Å². The smallest absolute Gasteiger partial charge is 0.303 e. The van der Waals surface area contributed by atoms with Crippen molar-refractivity contribution in [2.75, 3.05) is 16.8 Å². The largest absolute Gasteiger partial charge is 0.481 e. The van der Waals surface area contributed by atoms with Gasteiger partial charge in [0, 0.05) is 23.1 Å². The fourth-order valence-corrected chi connectivity index (χ4v) is 5.28. The van der Waals surface area contributed by atoms with Crippen LogP contribution in [-0.4, -0.2) is 48.2 Å². The van der Waals surface area contributed by atoms with E-state index in [1.807, 2.05) is 0 Å². The van der Waals surface area contributed by atoms with Crippen LogP contribution in [0.2, 0.25) is 0 Å². The first-order chi connectivity index (χ1) is 14.2. The van der Waals surface area contributed by atoms with Crippen molar-refractivity contribution in [2.45, 2.75) is 29.0 Å². The van der Waals surface area contributed by atoms with Gasteiger partial charge in [-0.05, 0) is 55.0 Å². The molecule has 2 aromatic rings. The molecule has 8 nitrogen and oxygen atoms in total. The molecule has 0 saturated carbocycles. The van der Waals surface area contributed by atoms with E-state index in [1.165, 1.54) is 12.1 Å². The Bertz CT molecular complexity index is 1010. The lowest BCUT2D eigenvalue weighted by molar-refractivity contribution is -0.137. The highest BCUT2D eigenvalue weighted by Gasteiger charge is 2.29. The number of carbonyl (C=O) groups is 2. The number of halogens is 1. The average Bonchev–Trinajstić information content (AvgIpc) is 3.51. The quantitative estimate of drug-likeness (QED) is 0.436. The Morgan fingerprint density at radius 1 is 1.13 bits per heavy atom. The van der Waals surface area contributed by atoms with E-state index in [9.17, 15) is 18.0 Å². The number of thioether (sulfide) groups is 1. The first-order valence-electron chi connectivity index (χ1n) is 9.23. The number of rotatable bonds is 10. The molecule has 2 aromatic carbocycles. The maximum absolute atomic E-state index is 12.3. The van der Waals surface area contributed by atoms with Gasteiger partial charge >= 0.3 is 5.97 Å². The predicted molar refractivity (Wildman–Crippen MR) is 122 cm³/mol. The molecule has 1 saturated heterocycles. The highest BCUT2D eigenvalue weighted by atomic mass is 35.5. The number of benzene rings is 2. The molecule has 1 aliphatic heterocycles. The molecule has 4 N–H and O–H groups in total. The maximum atomic E-state index is 12.3. The number of carboxylic acid groups (broad SMARTS) is 1. The lowest BCUT2D eigenvalue weighted by Gasteiger charge is -2.12. The molecule has 0 aromatic heterocycles. The van der Waals surface area contributed by atoms with Gasteiger partial charge in [0.15, 0.2) is 9.84 Å². The van der Waals surface area contributed by atoms with Crippen LogP contribution in [0.25, 0.3) is 0 Å². The average molecular weight is 487 g/mol. The molecule has 0 radical (unpaired) electrons. The Kier molecular flexibility index (Phi) is 8.75. The molecular formula is C20H23ClN2O6S2. The van der Waals surface area contributed by atoms with Crippen molar-refractivity contribution in [3.63, 3.8) is 0 Å². The first-order valence-corrected chi connectivity index (χ1v) is 11.9. The van der Waals surface area contributed by atoms with Crippen LogP contribution < -0.4 is 15.8 Å². The molecule has 3 rings (SSSR count). The summed E-state index contributed by atoms with van der Waals surface area (Å²) in [6.07, 6.45) is -0.130. The van der Waals surface area contributed by atoms with Crippen LogP contribution in [0.4, 0.5) is 5.69 Å². The van der Waals surface area contributed by atoms with Crippen molar-refractivity contribution >= 4 is 51.6 Å². The number of carboxylic acids is 1. The number of nitrogens with one attached hydrogen (secondary N) is 1. The van der Waals surface area contributed by atoms with Crippen LogP contribution in [0.3, 0.4) is 0 Å². The SMILES string of the molecule is Cl.N[C@@H](CCC(=O)O)C(=O)Nc1ccc(Oc2ccc(S(=O)(=O)CC3CS3)cc2)cc1. The summed E-state index contributed by atoms with van der Waals surface area (Å²) in [5, 5.41) is 11.5. The van der Waals surface area contributed by atoms with E-state index in [-0.39, 0.29) is 41.1 Å². The summed E-state index contributed by atoms with van der Waals surface area (Å²) in [5.74, 6) is 0.574. The molecule has 1 unspecified atom stereocenters. The van der Waals surface area contributed by atoms with Gasteiger partial charge in [-0.15, -0.1) is 12.4 Å². The van der Waals surface area contributed by atoms with Crippen LogP contribution >= 0.6 is 24.2 Å². The molecule has 1 amide bonds. The highest BCUT2D eigenvalue weighted by molar-refractivity contribution is 8.08. The summed E-state index contributed by atoms with van der Waals surface area (Å²) < 4.78 is 30.3. The monoisotopic (exact) mass is 486 g/mol. The first kappa shape index (κ1) is 25.0. The fraction of sp³-hybridized carbons (Fsp3) is 0.300. The van der Waals surface area contributed by atoms with Gasteiger partial charge in [-0.3, -0.25) is 9.59 Å². The molecule has 11 heteroatoms. The van der Waals surface area contributed by atoms with Gasteiger partial charge in [0.2, 0.25) is 5.91 Å². The van der Waals surface area contributed by atoms with Crippen LogP contribution in [0.15, 0.2) is 53.4 Å². The Labute approximate surface area is 190 Å². The Balaban J connectivity index is 0.00000341. The summed E-state index contributed by atoms with van der Waals surface area (Å²) >= 11 is 1.64. The zero-order valence-electron chi connectivity index (χ0n) is 16.4. The Morgan fingerprint density at radius 2 is 1.68 bits per heavy atom. The number of carbonyl (C=O) groups excluding carboxylic acids is 1. The van der Waals surface area contributed by atoms with Gasteiger partial charge in [-0.1, -0.05) is 0 Å². The van der Waals surface area contributed by atoms with Gasteiger partial charge in [-0.25, -0.2) is 8.42 Å². The van der Waals surface area contributed by atoms with E-state index < -0.39 is 27.8 Å². The molecule has 31 heavy (non-hydrogen) atoms. The fourth-order valence-electron chi connectivity index (χ4n) is 2.61. The van der Waals surface area contributed by atoms with Crippen LogP contribution in [0.5, 0.6) is 11.5 Å². The van der Waals surface area contributed by atoms with Gasteiger partial charge < -0.3 is 20.9 Å². The molecule has 2 atom stereocenters. The lowest BCUT2D eigenvalue weighted by atomic mass is 10.1. The molecule has 1 fully saturated rings. The number of nitrogens with two attached hydrogens (primary N) is 1. The van der Waals surface area contributed by atoms with Crippen molar-refractivity contribution in [3.05, 3.63) is 48.5 Å². The lowest BCUT2D eigenvalue weighted by Crippen LogP contribution is -2.36. The van der Waals surface area contributed by atoms with Gasteiger partial charge in [0.1, 0.15) is 11.5 Å². The maximum Gasteiger partial charge on any atom is 0.303 e. The Hall–Kier alpha value is -2.27. The normalized spacial score (nSPS) is 16.0. The van der Waals surface area contributed by atoms with Crippen LogP contribution in [0, 0.1) is 0 Å². The van der Waals surface area contributed by atoms with E-state index in [1.54, 1.807) is 48.2 Å². The molecule has 0 aliphatic carbocycles. The van der Waals surface area contributed by atoms with Crippen LogP contribution in [0.1, 0.15) is 12.8 Å². The van der Waals surface area contributed by atoms with Crippen molar-refractivity contribution in [1.82, 2.24) is 0 Å². The second kappa shape index (κ2) is 10.9. The van der Waals surface area contributed by atoms with Crippen molar-refractivity contribution < 1.29 is 27.9 Å². The van der Waals surface area contributed by atoms with Crippen LogP contribution in [-0.2, 0) is 19.4 Å². The molecule has 0 spiro atoms. The molecule has 1 heterocycles. The van der Waals surface area contributed by atoms with E-state index >= 15 is 0 Å². The van der Waals surface area contributed by atoms with E-state index in [2.05, 4.69) is 5.32 Å². The molecular weight excluding hydrogens is 464 g/mol. The number of hydrogen-bond donors (Lipinski definition) is 3. The zero-order valence-corrected chi connectivity index (χ0v) is 18.8. The minimum Gasteiger partial charge on any atom is -0.481 e. The van der Waals surface area contributed by atoms with Crippen molar-refractivity contribution in [1.29, 1.82) is 0 Å². The van der Waals surface area contributed by atoms with Crippen molar-refractivity contribution in [2.24, 2.45) is 5.73 Å². The Morgan fingerprint density at radius 3 is 2.19 bits per heavy atom. The van der Waals surface area contributed by atoms with E-state index in [4.69, 9.17) is 15.6 Å². The molecule has 1 aliphatic rings. The highest BCUT2D eigenvalue weighted by Crippen LogP contribution is 2.33. The number of hydrogen-bond acceptors (Lipinski definition) is 7. The van der Waals surface area contributed by atoms with Gasteiger partial charge in [0.25, 0.3) is 0 Å². The number of aliphatic carboxylic acids is 1. The molecule has 168 valence electrons. The number of amides is 1. The predicted octanol–water partition coefficient (Wildman–Crippen LogP) is 2.92. The summed E-state index contributed by atoms with van der Waals surface area (Å²) in [7, 11) is -3.28. The van der Waals surface area contributed by atoms with Gasteiger partial charge in [-0.2, -0.15) is 11.8 Å². The standard InChI is InChI=1S/C20H22N2O6S2.ClH/c21-18(9-10-19(23)24)20(25)22-13-1-3-14(4-2-13)28-15-5-7-17(8-6-15)30(26,27)12-16-11-29-16;/h1-8,16,18H,9-12,21H2,(H,22,25)(H,23,24);1H/t16?,18-;/m0./s1. The third-order valence-electron chi connectivity index (χ3n) is 4.35. The summed E-state index contributed by atoms with van der Waals surface area (Å²) in [5.41, 5.74) is 6.17. The van der Waals surface area contributed by atoms with E-state index in [0.717, 1.165) is 5.75 Å². The van der Waals surface area contributed by atoms with Crippen molar-refractivity contribution in [3.8, 4) is 11.5 Å². The third-order valence-corrected chi connectivity index (χ3v) is 7.37. The number of ether oxygens (including phenoxy) is 1. The summed E-state index contributed by atoms with van der Waals surface area (Å²) in [6.45, 7) is 0. The summed E-state index contributed by atoms with van der Waals surface area (Å²) in [6, 6.07) is 11.9. The number of anilines is 1. The second-order valence-corrected chi connectivity index (χ2v) is 10.2. The van der Waals surface area contributed by atoms with Gasteiger partial charge in [0.05, 0.1) is 16.7 Å². The minimum atomic E-state index is -3.28. The summed E-state index contributed by atoms with van der Waals surface area (Å²) in [4.78, 5) is 22.8. The zero-order chi connectivity index (χ0) is 21.7. The number of sulfone groups is 1. The minimum absolute atomic E-state index is 0.